The van der Waals surface area contributed by atoms with E-state index in [0.717, 1.165) is 56.9 Å². The van der Waals surface area contributed by atoms with Gasteiger partial charge in [0.1, 0.15) is 5.00 Å². The third-order valence-corrected chi connectivity index (χ3v) is 8.79. The van der Waals surface area contributed by atoms with E-state index in [-0.39, 0.29) is 47.8 Å². The van der Waals surface area contributed by atoms with Gasteiger partial charge < -0.3 is 10.1 Å². The first-order valence-electron chi connectivity index (χ1n) is 11.1. The summed E-state index contributed by atoms with van der Waals surface area (Å²) in [5, 5.41) is 3.68. The maximum Gasteiger partial charge on any atom is 0.254 e. The lowest BCUT2D eigenvalue weighted by Gasteiger charge is -2.21. The normalized spacial score (nSPS) is 35.2. The lowest BCUT2D eigenvalue weighted by molar-refractivity contribution is -0.124. The van der Waals surface area contributed by atoms with Crippen molar-refractivity contribution in [2.45, 2.75) is 76.5 Å². The zero-order valence-electron chi connectivity index (χ0n) is 16.6. The molecule has 4 fully saturated rings. The molecular formula is C22H26N2O4S. The molecule has 5 atom stereocenters. The molecule has 3 saturated heterocycles. The molecule has 0 spiro atoms. The van der Waals surface area contributed by atoms with Crippen LogP contribution in [0.5, 0.6) is 0 Å². The molecule has 3 amide bonds. The van der Waals surface area contributed by atoms with Crippen molar-refractivity contribution < 1.29 is 19.1 Å². The third kappa shape index (κ3) is 2.59. The second-order valence-corrected chi connectivity index (χ2v) is 10.4. The number of anilines is 1. The molecule has 5 aliphatic rings. The average molecular weight is 415 g/mol. The van der Waals surface area contributed by atoms with Crippen molar-refractivity contribution in [2.75, 3.05) is 4.90 Å². The Bertz CT molecular complexity index is 892. The number of nitrogens with one attached hydrogen (secondary N) is 1. The molecule has 1 saturated carbocycles. The van der Waals surface area contributed by atoms with E-state index < -0.39 is 0 Å². The fourth-order valence-corrected chi connectivity index (χ4v) is 7.25. The number of imide groups is 1. The zero-order chi connectivity index (χ0) is 19.9. The quantitative estimate of drug-likeness (QED) is 0.769. The lowest BCUT2D eigenvalue weighted by Crippen LogP contribution is -2.36. The van der Waals surface area contributed by atoms with Crippen LogP contribution in [-0.2, 0) is 27.2 Å². The van der Waals surface area contributed by atoms with Gasteiger partial charge in [-0.1, -0.05) is 13.3 Å². The molecule has 6 rings (SSSR count). The van der Waals surface area contributed by atoms with Crippen LogP contribution in [0.2, 0.25) is 0 Å². The summed E-state index contributed by atoms with van der Waals surface area (Å²) in [6.07, 6.45) is 7.45. The Hall–Kier alpha value is -1.73. The number of thiophene rings is 1. The first-order chi connectivity index (χ1) is 14.1. The van der Waals surface area contributed by atoms with Gasteiger partial charge in [-0.3, -0.25) is 14.4 Å². The Kier molecular flexibility index (Phi) is 3.98. The Morgan fingerprint density at radius 1 is 1.10 bits per heavy atom. The SMILES string of the molecule is CC[C@@H]1CCc2c(sc(N3C(=O)[C@@H]4[C@@H](C3=O)[C@H]3CC[C@H]4O3)c2C(=O)NC2CC2)C1. The molecule has 4 heterocycles. The van der Waals surface area contributed by atoms with Crippen LogP contribution in [-0.4, -0.2) is 36.0 Å². The zero-order valence-corrected chi connectivity index (χ0v) is 17.4. The van der Waals surface area contributed by atoms with Gasteiger partial charge in [0.2, 0.25) is 11.8 Å². The number of nitrogens with zero attached hydrogens (tertiary/aromatic N) is 1. The van der Waals surface area contributed by atoms with Crippen molar-refractivity contribution >= 4 is 34.1 Å². The van der Waals surface area contributed by atoms with Gasteiger partial charge in [0.25, 0.3) is 5.91 Å². The highest BCUT2D eigenvalue weighted by Gasteiger charge is 2.63. The van der Waals surface area contributed by atoms with Gasteiger partial charge in [-0.25, -0.2) is 4.90 Å². The van der Waals surface area contributed by atoms with Crippen LogP contribution in [0.1, 0.15) is 66.2 Å². The molecule has 29 heavy (non-hydrogen) atoms. The molecule has 1 aromatic heterocycles. The van der Waals surface area contributed by atoms with E-state index in [1.165, 1.54) is 21.1 Å². The Balaban J connectivity index is 1.42. The highest BCUT2D eigenvalue weighted by atomic mass is 32.1. The number of carbonyl (C=O) groups excluding carboxylic acids is 3. The highest BCUT2D eigenvalue weighted by molar-refractivity contribution is 7.17. The largest absolute Gasteiger partial charge is 0.373 e. The van der Waals surface area contributed by atoms with Gasteiger partial charge >= 0.3 is 0 Å². The van der Waals surface area contributed by atoms with Gasteiger partial charge in [0, 0.05) is 10.9 Å². The molecule has 3 aliphatic heterocycles. The van der Waals surface area contributed by atoms with E-state index in [9.17, 15) is 14.4 Å². The predicted molar refractivity (Wildman–Crippen MR) is 108 cm³/mol. The van der Waals surface area contributed by atoms with Crippen LogP contribution in [0.15, 0.2) is 0 Å². The van der Waals surface area contributed by atoms with Crippen LogP contribution < -0.4 is 10.2 Å². The van der Waals surface area contributed by atoms with Gasteiger partial charge in [0.05, 0.1) is 29.6 Å². The van der Waals surface area contributed by atoms with Gasteiger partial charge in [-0.15, -0.1) is 11.3 Å². The third-order valence-electron chi connectivity index (χ3n) is 7.55. The lowest BCUT2D eigenvalue weighted by atomic mass is 9.81. The van der Waals surface area contributed by atoms with Crippen molar-refractivity contribution in [2.24, 2.45) is 17.8 Å². The maximum absolute atomic E-state index is 13.3. The summed E-state index contributed by atoms with van der Waals surface area (Å²) in [7, 11) is 0. The number of hydrogen-bond acceptors (Lipinski definition) is 5. The molecule has 1 aromatic rings. The Labute approximate surface area is 174 Å². The van der Waals surface area contributed by atoms with Crippen molar-refractivity contribution in [3.05, 3.63) is 16.0 Å². The summed E-state index contributed by atoms with van der Waals surface area (Å²) in [6, 6.07) is 0.242. The van der Waals surface area contributed by atoms with Crippen molar-refractivity contribution in [1.82, 2.24) is 5.32 Å². The fourth-order valence-electron chi connectivity index (χ4n) is 5.78. The van der Waals surface area contributed by atoms with E-state index >= 15 is 0 Å². The van der Waals surface area contributed by atoms with Crippen molar-refractivity contribution in [3.8, 4) is 0 Å². The number of ether oxygens (including phenoxy) is 1. The summed E-state index contributed by atoms with van der Waals surface area (Å²) >= 11 is 1.51. The highest BCUT2D eigenvalue weighted by Crippen LogP contribution is 2.52. The number of amides is 3. The average Bonchev–Trinajstić information content (AvgIpc) is 3.07. The van der Waals surface area contributed by atoms with E-state index in [4.69, 9.17) is 4.74 Å². The first-order valence-corrected chi connectivity index (χ1v) is 11.9. The fraction of sp³-hybridized carbons (Fsp3) is 0.682. The summed E-state index contributed by atoms with van der Waals surface area (Å²) in [5.74, 6) is -0.517. The molecule has 0 unspecified atom stereocenters. The van der Waals surface area contributed by atoms with E-state index in [0.29, 0.717) is 16.5 Å². The molecule has 1 N–H and O–H groups in total. The van der Waals surface area contributed by atoms with Crippen LogP contribution >= 0.6 is 11.3 Å². The van der Waals surface area contributed by atoms with Crippen LogP contribution in [0.3, 0.4) is 0 Å². The minimum Gasteiger partial charge on any atom is -0.373 e. The molecule has 6 nitrogen and oxygen atoms in total. The molecule has 7 heteroatoms. The molecule has 2 aliphatic carbocycles. The van der Waals surface area contributed by atoms with Crippen molar-refractivity contribution in [1.29, 1.82) is 0 Å². The smallest absolute Gasteiger partial charge is 0.254 e. The molecular weight excluding hydrogens is 388 g/mol. The monoisotopic (exact) mass is 414 g/mol. The van der Waals surface area contributed by atoms with Crippen LogP contribution in [0, 0.1) is 17.8 Å². The van der Waals surface area contributed by atoms with Crippen LogP contribution in [0.4, 0.5) is 5.00 Å². The number of rotatable bonds is 4. The topological polar surface area (TPSA) is 75.7 Å². The summed E-state index contributed by atoms with van der Waals surface area (Å²) in [4.78, 5) is 42.4. The van der Waals surface area contributed by atoms with Crippen molar-refractivity contribution in [3.63, 3.8) is 0 Å². The minimum atomic E-state index is -0.358. The van der Waals surface area contributed by atoms with E-state index in [1.54, 1.807) is 0 Å². The van der Waals surface area contributed by atoms with E-state index in [1.807, 2.05) is 0 Å². The predicted octanol–water partition coefficient (Wildman–Crippen LogP) is 2.82. The van der Waals surface area contributed by atoms with Gasteiger partial charge in [-0.2, -0.15) is 0 Å². The number of fused-ring (bicyclic) bond motifs is 6. The molecule has 154 valence electrons. The second-order valence-electron chi connectivity index (χ2n) is 9.30. The summed E-state index contributed by atoms with van der Waals surface area (Å²) in [6.45, 7) is 2.20. The number of carbonyl (C=O) groups is 3. The maximum atomic E-state index is 13.3. The summed E-state index contributed by atoms with van der Waals surface area (Å²) < 4.78 is 5.87. The first kappa shape index (κ1) is 18.1. The molecule has 2 bridgehead atoms. The minimum absolute atomic E-state index is 0.105. The Morgan fingerprint density at radius 3 is 2.41 bits per heavy atom. The van der Waals surface area contributed by atoms with Gasteiger partial charge in [-0.05, 0) is 56.4 Å². The Morgan fingerprint density at radius 2 is 1.79 bits per heavy atom. The van der Waals surface area contributed by atoms with Gasteiger partial charge in [0.15, 0.2) is 0 Å². The molecule has 0 radical (unpaired) electrons. The van der Waals surface area contributed by atoms with Crippen LogP contribution in [0.25, 0.3) is 0 Å². The molecule has 0 aromatic carbocycles. The number of hydrogen-bond donors (Lipinski definition) is 1. The van der Waals surface area contributed by atoms with E-state index in [2.05, 4.69) is 12.2 Å². The second kappa shape index (κ2) is 6.38. The summed E-state index contributed by atoms with van der Waals surface area (Å²) in [5.41, 5.74) is 1.67. The standard InChI is InChI=1S/C22H26N2O4S/c1-2-10-3-6-12-15(9-10)29-22(16(12)19(25)23-11-4-5-11)24-20(26)17-13-7-8-14(28-13)18(17)21(24)27/h10-11,13-14,17-18H,2-9H2,1H3,(H,23,25)/t10-,13-,14-,17+,18+/m1/s1.